The summed E-state index contributed by atoms with van der Waals surface area (Å²) in [6.07, 6.45) is 1.88. The molecule has 1 aromatic rings. The van der Waals surface area contributed by atoms with Crippen LogP contribution in [0.3, 0.4) is 0 Å². The third-order valence-electron chi connectivity index (χ3n) is 2.21. The average Bonchev–Trinajstić information content (AvgIpc) is 2.19. The van der Waals surface area contributed by atoms with E-state index >= 15 is 0 Å². The molecule has 1 heterocycles. The van der Waals surface area contributed by atoms with Crippen LogP contribution < -0.4 is 0 Å². The van der Waals surface area contributed by atoms with Gasteiger partial charge in [0.05, 0.1) is 6.54 Å². The van der Waals surface area contributed by atoms with Crippen LogP contribution in [0.25, 0.3) is 0 Å². The molecule has 3 heteroatoms. The monoisotopic (exact) mass is 239 g/mol. The lowest BCUT2D eigenvalue weighted by Crippen LogP contribution is -2.28. The smallest absolute Gasteiger partial charge is 0.167 e. The van der Waals surface area contributed by atoms with Crippen molar-refractivity contribution in [2.75, 3.05) is 13.7 Å². The third kappa shape index (κ3) is 1.42. The van der Waals surface area contributed by atoms with E-state index in [0.29, 0.717) is 6.54 Å². The van der Waals surface area contributed by atoms with Crippen LogP contribution in [0.2, 0.25) is 0 Å². The minimum atomic E-state index is -0.432. The number of nitrogens with zero attached hydrogens (tertiary/aromatic N) is 1. The normalized spacial score (nSPS) is 25.7. The molecule has 0 aromatic heterocycles. The first-order valence-corrected chi connectivity index (χ1v) is 4.89. The topological polar surface area (TPSA) is 21.6 Å². The summed E-state index contributed by atoms with van der Waals surface area (Å²) in [7, 11) is 1.69. The van der Waals surface area contributed by atoms with Crippen LogP contribution in [0.4, 0.5) is 0 Å². The van der Waals surface area contributed by atoms with E-state index in [1.54, 1.807) is 7.11 Å². The lowest BCUT2D eigenvalue weighted by Gasteiger charge is -2.28. The molecule has 0 amide bonds. The second-order valence-electron chi connectivity index (χ2n) is 2.99. The van der Waals surface area contributed by atoms with Crippen molar-refractivity contribution >= 4 is 22.1 Å². The van der Waals surface area contributed by atoms with Crippen molar-refractivity contribution < 1.29 is 4.74 Å². The number of rotatable bonds is 1. The first-order chi connectivity index (χ1) is 6.26. The fourth-order valence-electron chi connectivity index (χ4n) is 1.47. The lowest BCUT2D eigenvalue weighted by atomic mass is 10.0. The van der Waals surface area contributed by atoms with E-state index in [2.05, 4.69) is 27.0 Å². The Labute approximate surface area is 85.8 Å². The third-order valence-corrected chi connectivity index (χ3v) is 3.21. The summed E-state index contributed by atoms with van der Waals surface area (Å²) in [6.45, 7) is 0.626. The van der Waals surface area contributed by atoms with Crippen LogP contribution in [0.5, 0.6) is 0 Å². The number of alkyl halides is 1. The fourth-order valence-corrected chi connectivity index (χ4v) is 1.98. The SMILES string of the molecule is COC1(Br)CN=Cc2ccccc21. The number of ether oxygens (including phenoxy) is 1. The first kappa shape index (κ1) is 8.91. The number of aliphatic imine (C=N–C) groups is 1. The van der Waals surface area contributed by atoms with Gasteiger partial charge in [-0.25, -0.2) is 0 Å². The van der Waals surface area contributed by atoms with Crippen LogP contribution in [0, 0.1) is 0 Å². The van der Waals surface area contributed by atoms with Gasteiger partial charge in [-0.15, -0.1) is 0 Å². The lowest BCUT2D eigenvalue weighted by molar-refractivity contribution is 0.0828. The second kappa shape index (κ2) is 3.24. The highest BCUT2D eigenvalue weighted by Crippen LogP contribution is 2.36. The molecule has 1 aliphatic rings. The molecule has 2 nitrogen and oxygen atoms in total. The van der Waals surface area contributed by atoms with Gasteiger partial charge in [-0.05, 0) is 21.5 Å². The van der Waals surface area contributed by atoms with Crippen LogP contribution in [0.15, 0.2) is 29.3 Å². The molecule has 0 fully saturated rings. The maximum absolute atomic E-state index is 5.41. The number of halogens is 1. The Morgan fingerprint density at radius 2 is 2.23 bits per heavy atom. The minimum absolute atomic E-state index is 0.432. The quantitative estimate of drug-likeness (QED) is 0.690. The van der Waals surface area contributed by atoms with Gasteiger partial charge in [0.15, 0.2) is 4.51 Å². The molecule has 0 N–H and O–H groups in total. The predicted molar refractivity (Wildman–Crippen MR) is 56.5 cm³/mol. The molecule has 0 spiro atoms. The zero-order chi connectivity index (χ0) is 9.31. The van der Waals surface area contributed by atoms with E-state index in [-0.39, 0.29) is 0 Å². The molecule has 0 saturated carbocycles. The zero-order valence-electron chi connectivity index (χ0n) is 7.33. The molecule has 1 aliphatic heterocycles. The maximum Gasteiger partial charge on any atom is 0.167 e. The molecule has 0 aliphatic carbocycles. The predicted octanol–water partition coefficient (Wildman–Crippen LogP) is 2.31. The highest BCUT2D eigenvalue weighted by molar-refractivity contribution is 9.09. The van der Waals surface area contributed by atoms with Crippen molar-refractivity contribution in [1.29, 1.82) is 0 Å². The number of hydrogen-bond donors (Lipinski definition) is 0. The summed E-state index contributed by atoms with van der Waals surface area (Å²) < 4.78 is 4.98. The molecule has 1 unspecified atom stereocenters. The van der Waals surface area contributed by atoms with Crippen molar-refractivity contribution in [3.63, 3.8) is 0 Å². The Kier molecular flexibility index (Phi) is 2.22. The standard InChI is InChI=1S/C10H10BrNO/c1-13-10(11)7-12-6-8-4-2-3-5-9(8)10/h2-6H,7H2,1H3. The molecular formula is C10H10BrNO. The molecular weight excluding hydrogens is 230 g/mol. The molecule has 2 rings (SSSR count). The maximum atomic E-state index is 5.41. The first-order valence-electron chi connectivity index (χ1n) is 4.10. The van der Waals surface area contributed by atoms with Crippen LogP contribution >= 0.6 is 15.9 Å². The van der Waals surface area contributed by atoms with Gasteiger partial charge in [0.1, 0.15) is 0 Å². The Bertz CT molecular complexity index is 351. The van der Waals surface area contributed by atoms with Crippen molar-refractivity contribution in [2.45, 2.75) is 4.51 Å². The van der Waals surface area contributed by atoms with Gasteiger partial charge >= 0.3 is 0 Å². The van der Waals surface area contributed by atoms with Gasteiger partial charge in [-0.2, -0.15) is 0 Å². The van der Waals surface area contributed by atoms with Crippen LogP contribution in [-0.4, -0.2) is 19.9 Å². The molecule has 13 heavy (non-hydrogen) atoms. The van der Waals surface area contributed by atoms with Crippen molar-refractivity contribution in [1.82, 2.24) is 0 Å². The number of benzene rings is 1. The van der Waals surface area contributed by atoms with Crippen molar-refractivity contribution in [3.05, 3.63) is 35.4 Å². The van der Waals surface area contributed by atoms with E-state index in [1.807, 2.05) is 24.4 Å². The van der Waals surface area contributed by atoms with Gasteiger partial charge in [-0.1, -0.05) is 24.3 Å². The Balaban J connectivity index is 2.55. The summed E-state index contributed by atoms with van der Waals surface area (Å²) in [5, 5.41) is 0. The van der Waals surface area contributed by atoms with Crippen molar-refractivity contribution in [2.24, 2.45) is 4.99 Å². The summed E-state index contributed by atoms with van der Waals surface area (Å²) >= 11 is 3.56. The van der Waals surface area contributed by atoms with Crippen LogP contribution in [0.1, 0.15) is 11.1 Å². The molecule has 1 atom stereocenters. The van der Waals surface area contributed by atoms with E-state index in [0.717, 1.165) is 11.1 Å². The van der Waals surface area contributed by atoms with E-state index in [9.17, 15) is 0 Å². The van der Waals surface area contributed by atoms with Gasteiger partial charge in [-0.3, -0.25) is 4.99 Å². The molecule has 68 valence electrons. The molecule has 0 saturated heterocycles. The molecule has 1 aromatic carbocycles. The van der Waals surface area contributed by atoms with Gasteiger partial charge in [0, 0.05) is 18.9 Å². The summed E-state index contributed by atoms with van der Waals surface area (Å²) in [4.78, 5) is 4.25. The summed E-state index contributed by atoms with van der Waals surface area (Å²) in [5.41, 5.74) is 2.26. The minimum Gasteiger partial charge on any atom is -0.361 e. The van der Waals surface area contributed by atoms with E-state index in [1.165, 1.54) is 0 Å². The Morgan fingerprint density at radius 3 is 3.00 bits per heavy atom. The summed E-state index contributed by atoms with van der Waals surface area (Å²) in [5.74, 6) is 0. The largest absolute Gasteiger partial charge is 0.361 e. The Morgan fingerprint density at radius 1 is 1.46 bits per heavy atom. The number of methoxy groups -OCH3 is 1. The van der Waals surface area contributed by atoms with Crippen molar-refractivity contribution in [3.8, 4) is 0 Å². The van der Waals surface area contributed by atoms with Gasteiger partial charge in [0.25, 0.3) is 0 Å². The number of fused-ring (bicyclic) bond motifs is 1. The highest BCUT2D eigenvalue weighted by atomic mass is 79.9. The highest BCUT2D eigenvalue weighted by Gasteiger charge is 2.32. The number of hydrogen-bond acceptors (Lipinski definition) is 2. The van der Waals surface area contributed by atoms with Gasteiger partial charge in [0.2, 0.25) is 0 Å². The summed E-state index contributed by atoms with van der Waals surface area (Å²) in [6, 6.07) is 8.10. The van der Waals surface area contributed by atoms with Crippen LogP contribution in [-0.2, 0) is 9.25 Å². The molecule has 0 bridgehead atoms. The fraction of sp³-hybridized carbons (Fsp3) is 0.300. The van der Waals surface area contributed by atoms with E-state index < -0.39 is 4.51 Å². The zero-order valence-corrected chi connectivity index (χ0v) is 8.91. The van der Waals surface area contributed by atoms with E-state index in [4.69, 9.17) is 4.74 Å². The average molecular weight is 240 g/mol. The van der Waals surface area contributed by atoms with Gasteiger partial charge < -0.3 is 4.74 Å². The molecule has 0 radical (unpaired) electrons. The Hall–Kier alpha value is -0.670. The second-order valence-corrected chi connectivity index (χ2v) is 4.27.